The Balaban J connectivity index is 2.01. The van der Waals surface area contributed by atoms with E-state index in [1.54, 1.807) is 12.4 Å². The molecule has 1 aromatic heterocycles. The first-order chi connectivity index (χ1) is 9.66. The van der Waals surface area contributed by atoms with Gasteiger partial charge in [-0.1, -0.05) is 0 Å². The normalized spacial score (nSPS) is 18.5. The summed E-state index contributed by atoms with van der Waals surface area (Å²) in [4.78, 5) is 5.97. The number of hydrogen-bond acceptors (Lipinski definition) is 3. The molecule has 20 heavy (non-hydrogen) atoms. The molecule has 5 heteroatoms. The minimum atomic E-state index is -0.708. The highest BCUT2D eigenvalue weighted by Crippen LogP contribution is 2.39. The summed E-state index contributed by atoms with van der Waals surface area (Å²) in [5, 5.41) is 0. The van der Waals surface area contributed by atoms with Crippen LogP contribution in [0.4, 0.5) is 20.2 Å². The van der Waals surface area contributed by atoms with Crippen molar-refractivity contribution in [3.8, 4) is 0 Å². The van der Waals surface area contributed by atoms with Gasteiger partial charge in [0.15, 0.2) is 5.82 Å². The smallest absolute Gasteiger partial charge is 0.151 e. The highest BCUT2D eigenvalue weighted by Gasteiger charge is 2.28. The number of nitrogens with two attached hydrogens (primary N) is 1. The van der Waals surface area contributed by atoms with E-state index in [0.29, 0.717) is 5.69 Å². The van der Waals surface area contributed by atoms with Crippen LogP contribution in [0.3, 0.4) is 0 Å². The van der Waals surface area contributed by atoms with Gasteiger partial charge >= 0.3 is 0 Å². The zero-order chi connectivity index (χ0) is 14.1. The summed E-state index contributed by atoms with van der Waals surface area (Å²) < 4.78 is 27.1. The second-order valence-corrected chi connectivity index (χ2v) is 4.95. The molecule has 0 saturated carbocycles. The van der Waals surface area contributed by atoms with Gasteiger partial charge in [0.2, 0.25) is 0 Å². The maximum Gasteiger partial charge on any atom is 0.151 e. The predicted molar refractivity (Wildman–Crippen MR) is 74.3 cm³/mol. The van der Waals surface area contributed by atoms with Crippen LogP contribution < -0.4 is 10.6 Å². The van der Waals surface area contributed by atoms with Crippen LogP contribution in [0.2, 0.25) is 0 Å². The van der Waals surface area contributed by atoms with Crippen molar-refractivity contribution in [1.29, 1.82) is 0 Å². The van der Waals surface area contributed by atoms with Crippen LogP contribution in [-0.2, 0) is 0 Å². The number of halogens is 2. The SMILES string of the molecule is Nc1c(F)cc(F)cc1N1CCCC1c1ccncc1. The van der Waals surface area contributed by atoms with Gasteiger partial charge in [-0.15, -0.1) is 0 Å². The third-order valence-electron chi connectivity index (χ3n) is 3.73. The maximum absolute atomic E-state index is 13.6. The Morgan fingerprint density at radius 3 is 2.70 bits per heavy atom. The number of nitrogen functional groups attached to an aromatic ring is 1. The Kier molecular flexibility index (Phi) is 3.26. The summed E-state index contributed by atoms with van der Waals surface area (Å²) in [5.74, 6) is -1.31. The van der Waals surface area contributed by atoms with E-state index in [-0.39, 0.29) is 11.7 Å². The van der Waals surface area contributed by atoms with Crippen LogP contribution in [0.25, 0.3) is 0 Å². The fraction of sp³-hybridized carbons (Fsp3) is 0.267. The fourth-order valence-corrected chi connectivity index (χ4v) is 2.80. The molecule has 1 fully saturated rings. The lowest BCUT2D eigenvalue weighted by molar-refractivity contribution is 0.584. The summed E-state index contributed by atoms with van der Waals surface area (Å²) in [7, 11) is 0. The Labute approximate surface area is 116 Å². The molecule has 0 spiro atoms. The molecule has 0 radical (unpaired) electrons. The topological polar surface area (TPSA) is 42.1 Å². The summed E-state index contributed by atoms with van der Waals surface area (Å²) in [6.07, 6.45) is 5.34. The number of anilines is 2. The number of pyridine rings is 1. The molecule has 1 aliphatic rings. The molecule has 1 atom stereocenters. The van der Waals surface area contributed by atoms with E-state index in [2.05, 4.69) is 4.98 Å². The summed E-state index contributed by atoms with van der Waals surface area (Å²) in [6, 6.07) is 6.05. The van der Waals surface area contributed by atoms with E-state index >= 15 is 0 Å². The van der Waals surface area contributed by atoms with Gasteiger partial charge < -0.3 is 10.6 Å². The number of aromatic nitrogens is 1. The van der Waals surface area contributed by atoms with Gasteiger partial charge in [0.1, 0.15) is 5.82 Å². The van der Waals surface area contributed by atoms with Crippen molar-refractivity contribution in [1.82, 2.24) is 4.98 Å². The van der Waals surface area contributed by atoms with Gasteiger partial charge in [-0.05, 0) is 36.6 Å². The van der Waals surface area contributed by atoms with Crippen molar-refractivity contribution < 1.29 is 8.78 Å². The van der Waals surface area contributed by atoms with Crippen molar-refractivity contribution in [2.24, 2.45) is 0 Å². The third-order valence-corrected chi connectivity index (χ3v) is 3.73. The van der Waals surface area contributed by atoms with E-state index in [1.165, 1.54) is 6.07 Å². The minimum absolute atomic E-state index is 0.00681. The Hall–Kier alpha value is -2.17. The van der Waals surface area contributed by atoms with E-state index in [9.17, 15) is 8.78 Å². The van der Waals surface area contributed by atoms with E-state index in [1.807, 2.05) is 17.0 Å². The van der Waals surface area contributed by atoms with Gasteiger partial charge in [-0.3, -0.25) is 4.98 Å². The monoisotopic (exact) mass is 275 g/mol. The van der Waals surface area contributed by atoms with Crippen molar-refractivity contribution in [2.75, 3.05) is 17.2 Å². The molecular weight excluding hydrogens is 260 g/mol. The van der Waals surface area contributed by atoms with E-state index < -0.39 is 11.6 Å². The van der Waals surface area contributed by atoms with Crippen molar-refractivity contribution in [3.63, 3.8) is 0 Å². The zero-order valence-corrected chi connectivity index (χ0v) is 10.9. The lowest BCUT2D eigenvalue weighted by atomic mass is 10.1. The lowest BCUT2D eigenvalue weighted by Gasteiger charge is -2.28. The van der Waals surface area contributed by atoms with Crippen molar-refractivity contribution in [3.05, 3.63) is 53.9 Å². The third kappa shape index (κ3) is 2.19. The highest BCUT2D eigenvalue weighted by atomic mass is 19.1. The number of nitrogens with zero attached hydrogens (tertiary/aromatic N) is 2. The van der Waals surface area contributed by atoms with Crippen molar-refractivity contribution in [2.45, 2.75) is 18.9 Å². The molecular formula is C15H15F2N3. The molecule has 1 aromatic carbocycles. The van der Waals surface area contributed by atoms with Crippen LogP contribution in [0.15, 0.2) is 36.7 Å². The molecule has 1 unspecified atom stereocenters. The molecule has 2 aromatic rings. The second-order valence-electron chi connectivity index (χ2n) is 4.95. The zero-order valence-electron chi connectivity index (χ0n) is 10.9. The Morgan fingerprint density at radius 1 is 1.20 bits per heavy atom. The van der Waals surface area contributed by atoms with Crippen LogP contribution in [0, 0.1) is 11.6 Å². The molecule has 0 aliphatic carbocycles. The van der Waals surface area contributed by atoms with E-state index in [4.69, 9.17) is 5.73 Å². The highest BCUT2D eigenvalue weighted by molar-refractivity contribution is 5.69. The Bertz CT molecular complexity index is 616. The summed E-state index contributed by atoms with van der Waals surface area (Å²) in [6.45, 7) is 0.736. The van der Waals surface area contributed by atoms with Gasteiger partial charge in [-0.2, -0.15) is 0 Å². The maximum atomic E-state index is 13.6. The number of hydrogen-bond donors (Lipinski definition) is 1. The van der Waals surface area contributed by atoms with Crippen LogP contribution >= 0.6 is 0 Å². The minimum Gasteiger partial charge on any atom is -0.395 e. The molecule has 0 amide bonds. The van der Waals surface area contributed by atoms with Crippen LogP contribution in [0.5, 0.6) is 0 Å². The first-order valence-electron chi connectivity index (χ1n) is 6.58. The van der Waals surface area contributed by atoms with Crippen molar-refractivity contribution >= 4 is 11.4 Å². The Morgan fingerprint density at radius 2 is 1.95 bits per heavy atom. The van der Waals surface area contributed by atoms with Crippen LogP contribution in [0.1, 0.15) is 24.4 Å². The average molecular weight is 275 g/mol. The molecule has 3 rings (SSSR count). The van der Waals surface area contributed by atoms with Gasteiger partial charge in [0.25, 0.3) is 0 Å². The second kappa shape index (κ2) is 5.07. The van der Waals surface area contributed by atoms with Gasteiger partial charge in [0, 0.05) is 25.0 Å². The molecule has 0 bridgehead atoms. The average Bonchev–Trinajstić information content (AvgIpc) is 2.93. The fourth-order valence-electron chi connectivity index (χ4n) is 2.80. The van der Waals surface area contributed by atoms with Crippen LogP contribution in [-0.4, -0.2) is 11.5 Å². The molecule has 2 heterocycles. The number of benzene rings is 1. The predicted octanol–water partition coefficient (Wildman–Crippen LogP) is 3.28. The van der Waals surface area contributed by atoms with Gasteiger partial charge in [0.05, 0.1) is 17.4 Å². The standard InChI is InChI=1S/C15H15F2N3/c16-11-8-12(17)15(18)14(9-11)20-7-1-2-13(20)10-3-5-19-6-4-10/h3-6,8-9,13H,1-2,7,18H2. The first kappa shape index (κ1) is 12.8. The lowest BCUT2D eigenvalue weighted by Crippen LogP contribution is -2.24. The molecule has 1 aliphatic heterocycles. The number of rotatable bonds is 2. The molecule has 2 N–H and O–H groups in total. The molecule has 1 saturated heterocycles. The largest absolute Gasteiger partial charge is 0.395 e. The van der Waals surface area contributed by atoms with E-state index in [0.717, 1.165) is 31.0 Å². The van der Waals surface area contributed by atoms with Gasteiger partial charge in [-0.25, -0.2) is 8.78 Å². The molecule has 104 valence electrons. The summed E-state index contributed by atoms with van der Waals surface area (Å²) in [5.41, 5.74) is 7.30. The molecule has 3 nitrogen and oxygen atoms in total. The first-order valence-corrected chi connectivity index (χ1v) is 6.58. The summed E-state index contributed by atoms with van der Waals surface area (Å²) >= 11 is 0. The quantitative estimate of drug-likeness (QED) is 0.855.